The summed E-state index contributed by atoms with van der Waals surface area (Å²) in [4.78, 5) is 4.29. The van der Waals surface area contributed by atoms with Gasteiger partial charge >= 0.3 is 0 Å². The van der Waals surface area contributed by atoms with Gasteiger partial charge in [-0.3, -0.25) is 4.98 Å². The van der Waals surface area contributed by atoms with Crippen LogP contribution in [0, 0.1) is 0 Å². The maximum absolute atomic E-state index is 6.23. The molecule has 2 nitrogen and oxygen atoms in total. The normalized spacial score (nSPS) is 10.2. The Morgan fingerprint density at radius 2 is 2.00 bits per heavy atom. The molecule has 0 atom stereocenters. The molecule has 0 bridgehead atoms. The molecule has 0 saturated carbocycles. The van der Waals surface area contributed by atoms with Crippen molar-refractivity contribution in [1.82, 2.24) is 4.98 Å². The summed E-state index contributed by atoms with van der Waals surface area (Å²) in [5, 5.41) is 0.700. The minimum absolute atomic E-state index is 0.700. The van der Waals surface area contributed by atoms with E-state index >= 15 is 0 Å². The molecule has 1 aromatic carbocycles. The van der Waals surface area contributed by atoms with Crippen molar-refractivity contribution >= 4 is 11.6 Å². The molecular formula is C14H14ClNO. The van der Waals surface area contributed by atoms with Gasteiger partial charge in [-0.15, -0.1) is 0 Å². The summed E-state index contributed by atoms with van der Waals surface area (Å²) in [7, 11) is 1.63. The van der Waals surface area contributed by atoms with E-state index in [1.54, 1.807) is 7.11 Å². The maximum atomic E-state index is 6.23. The van der Waals surface area contributed by atoms with E-state index < -0.39 is 0 Å². The molecule has 0 N–H and O–H groups in total. The SMILES string of the molecule is COc1cccc(CCc2ccccn2)c1Cl. The van der Waals surface area contributed by atoms with Gasteiger partial charge in [-0.2, -0.15) is 0 Å². The van der Waals surface area contributed by atoms with Gasteiger partial charge in [0.2, 0.25) is 0 Å². The van der Waals surface area contributed by atoms with Crippen molar-refractivity contribution in [3.63, 3.8) is 0 Å². The largest absolute Gasteiger partial charge is 0.495 e. The zero-order chi connectivity index (χ0) is 12.1. The molecule has 2 aromatic rings. The van der Waals surface area contributed by atoms with E-state index in [1.807, 2.05) is 42.6 Å². The third-order valence-electron chi connectivity index (χ3n) is 2.64. The van der Waals surface area contributed by atoms with Crippen molar-refractivity contribution in [3.05, 3.63) is 58.9 Å². The first-order chi connectivity index (χ1) is 8.31. The Labute approximate surface area is 106 Å². The summed E-state index contributed by atoms with van der Waals surface area (Å²) in [6, 6.07) is 11.8. The van der Waals surface area contributed by atoms with E-state index in [4.69, 9.17) is 16.3 Å². The Morgan fingerprint density at radius 3 is 2.71 bits per heavy atom. The molecule has 1 aromatic heterocycles. The van der Waals surface area contributed by atoms with Crippen LogP contribution in [0.25, 0.3) is 0 Å². The highest BCUT2D eigenvalue weighted by molar-refractivity contribution is 6.32. The quantitative estimate of drug-likeness (QED) is 0.825. The number of ether oxygens (including phenoxy) is 1. The van der Waals surface area contributed by atoms with E-state index in [2.05, 4.69) is 4.98 Å². The Kier molecular flexibility index (Phi) is 3.99. The van der Waals surface area contributed by atoms with Crippen LogP contribution in [-0.2, 0) is 12.8 Å². The molecule has 0 amide bonds. The summed E-state index contributed by atoms with van der Waals surface area (Å²) in [6.07, 6.45) is 3.56. The molecule has 0 radical (unpaired) electrons. The molecule has 0 aliphatic rings. The standard InChI is InChI=1S/C14H14ClNO/c1-17-13-7-4-5-11(14(13)15)8-9-12-6-2-3-10-16-12/h2-7,10H,8-9H2,1H3. The average molecular weight is 248 g/mol. The number of hydrogen-bond donors (Lipinski definition) is 0. The van der Waals surface area contributed by atoms with E-state index in [-0.39, 0.29) is 0 Å². The molecule has 0 unspecified atom stereocenters. The number of aryl methyl sites for hydroxylation is 2. The highest BCUT2D eigenvalue weighted by Gasteiger charge is 2.06. The summed E-state index contributed by atoms with van der Waals surface area (Å²) < 4.78 is 5.19. The monoisotopic (exact) mass is 247 g/mol. The number of benzene rings is 1. The predicted octanol–water partition coefficient (Wildman–Crippen LogP) is 3.53. The van der Waals surface area contributed by atoms with Gasteiger partial charge in [0.05, 0.1) is 12.1 Å². The van der Waals surface area contributed by atoms with Crippen molar-refractivity contribution in [2.45, 2.75) is 12.8 Å². The summed E-state index contributed by atoms with van der Waals surface area (Å²) in [5.74, 6) is 0.727. The van der Waals surface area contributed by atoms with Crippen molar-refractivity contribution in [2.24, 2.45) is 0 Å². The van der Waals surface area contributed by atoms with Crippen LogP contribution in [-0.4, -0.2) is 12.1 Å². The first-order valence-corrected chi connectivity index (χ1v) is 5.90. The lowest BCUT2D eigenvalue weighted by molar-refractivity contribution is 0.414. The highest BCUT2D eigenvalue weighted by Crippen LogP contribution is 2.28. The number of hydrogen-bond acceptors (Lipinski definition) is 2. The second kappa shape index (κ2) is 5.69. The number of nitrogens with zero attached hydrogens (tertiary/aromatic N) is 1. The molecule has 17 heavy (non-hydrogen) atoms. The topological polar surface area (TPSA) is 22.1 Å². The van der Waals surface area contributed by atoms with Crippen molar-refractivity contribution in [1.29, 1.82) is 0 Å². The van der Waals surface area contributed by atoms with E-state index in [0.717, 1.165) is 29.8 Å². The minimum Gasteiger partial charge on any atom is -0.495 e. The number of pyridine rings is 1. The summed E-state index contributed by atoms with van der Waals surface area (Å²) in [6.45, 7) is 0. The fourth-order valence-electron chi connectivity index (χ4n) is 1.72. The highest BCUT2D eigenvalue weighted by atomic mass is 35.5. The molecule has 0 aliphatic heterocycles. The van der Waals surface area contributed by atoms with Gasteiger partial charge in [0.15, 0.2) is 0 Å². The van der Waals surface area contributed by atoms with Gasteiger partial charge in [-0.25, -0.2) is 0 Å². The third kappa shape index (κ3) is 2.98. The average Bonchev–Trinajstić information content (AvgIpc) is 2.39. The van der Waals surface area contributed by atoms with Crippen LogP contribution in [0.15, 0.2) is 42.6 Å². The minimum atomic E-state index is 0.700. The first kappa shape index (κ1) is 11.9. The maximum Gasteiger partial charge on any atom is 0.137 e. The number of rotatable bonds is 4. The lowest BCUT2D eigenvalue weighted by Crippen LogP contribution is -1.95. The van der Waals surface area contributed by atoms with Gasteiger partial charge in [0.25, 0.3) is 0 Å². The Balaban J connectivity index is 2.09. The fourth-order valence-corrected chi connectivity index (χ4v) is 2.01. The molecule has 0 fully saturated rings. The van der Waals surface area contributed by atoms with Crippen molar-refractivity contribution in [2.75, 3.05) is 7.11 Å². The summed E-state index contributed by atoms with van der Waals surface area (Å²) in [5.41, 5.74) is 2.17. The van der Waals surface area contributed by atoms with Crippen molar-refractivity contribution < 1.29 is 4.74 Å². The van der Waals surface area contributed by atoms with Crippen LogP contribution >= 0.6 is 11.6 Å². The predicted molar refractivity (Wildman–Crippen MR) is 69.6 cm³/mol. The molecule has 0 spiro atoms. The van der Waals surface area contributed by atoms with Gasteiger partial charge in [-0.1, -0.05) is 29.8 Å². The van der Waals surface area contributed by atoms with Gasteiger partial charge in [0, 0.05) is 11.9 Å². The van der Waals surface area contributed by atoms with Crippen LogP contribution in [0.3, 0.4) is 0 Å². The van der Waals surface area contributed by atoms with E-state index in [9.17, 15) is 0 Å². The fraction of sp³-hybridized carbons (Fsp3) is 0.214. The second-order valence-corrected chi connectivity index (χ2v) is 4.13. The van der Waals surface area contributed by atoms with Gasteiger partial charge < -0.3 is 4.74 Å². The number of methoxy groups -OCH3 is 1. The molecule has 2 rings (SSSR count). The third-order valence-corrected chi connectivity index (χ3v) is 3.07. The van der Waals surface area contributed by atoms with Crippen LogP contribution in [0.2, 0.25) is 5.02 Å². The van der Waals surface area contributed by atoms with E-state index in [1.165, 1.54) is 0 Å². The Bertz CT molecular complexity index is 485. The van der Waals surface area contributed by atoms with Crippen LogP contribution in [0.1, 0.15) is 11.3 Å². The van der Waals surface area contributed by atoms with Gasteiger partial charge in [-0.05, 0) is 36.6 Å². The van der Waals surface area contributed by atoms with E-state index in [0.29, 0.717) is 5.02 Å². The Hall–Kier alpha value is -1.54. The lowest BCUT2D eigenvalue weighted by atomic mass is 10.1. The van der Waals surface area contributed by atoms with Crippen molar-refractivity contribution in [3.8, 4) is 5.75 Å². The first-order valence-electron chi connectivity index (χ1n) is 5.52. The molecule has 0 saturated heterocycles. The molecule has 0 aliphatic carbocycles. The number of halogens is 1. The zero-order valence-corrected chi connectivity index (χ0v) is 10.4. The second-order valence-electron chi connectivity index (χ2n) is 3.75. The van der Waals surface area contributed by atoms with Gasteiger partial charge in [0.1, 0.15) is 5.75 Å². The molecular weight excluding hydrogens is 234 g/mol. The van der Waals surface area contributed by atoms with Crippen LogP contribution < -0.4 is 4.74 Å². The Morgan fingerprint density at radius 1 is 1.12 bits per heavy atom. The molecule has 88 valence electrons. The molecule has 1 heterocycles. The van der Waals surface area contributed by atoms with Crippen LogP contribution in [0.5, 0.6) is 5.75 Å². The van der Waals surface area contributed by atoms with Crippen LogP contribution in [0.4, 0.5) is 0 Å². The smallest absolute Gasteiger partial charge is 0.137 e. The summed E-state index contributed by atoms with van der Waals surface area (Å²) >= 11 is 6.23. The molecule has 3 heteroatoms. The zero-order valence-electron chi connectivity index (χ0n) is 9.69. The number of aromatic nitrogens is 1. The lowest BCUT2D eigenvalue weighted by Gasteiger charge is -2.08.